The first kappa shape index (κ1) is 17.2. The van der Waals surface area contributed by atoms with Crippen molar-refractivity contribution in [2.75, 3.05) is 19.6 Å². The van der Waals surface area contributed by atoms with Crippen LogP contribution >= 0.6 is 11.6 Å². The van der Waals surface area contributed by atoms with Crippen molar-refractivity contribution in [1.82, 2.24) is 9.62 Å². The molecule has 0 spiro atoms. The van der Waals surface area contributed by atoms with Gasteiger partial charge in [0, 0.05) is 19.6 Å². The number of carbonyl (C=O) groups is 1. The number of sulfonamides is 1. The molecule has 1 aliphatic heterocycles. The lowest BCUT2D eigenvalue weighted by Crippen LogP contribution is -2.29. The van der Waals surface area contributed by atoms with Crippen molar-refractivity contribution in [3.63, 3.8) is 0 Å². The Balaban J connectivity index is 2.28. The van der Waals surface area contributed by atoms with Gasteiger partial charge in [0.2, 0.25) is 10.0 Å². The van der Waals surface area contributed by atoms with Crippen molar-refractivity contribution in [3.05, 3.63) is 28.8 Å². The number of rotatable bonds is 5. The van der Waals surface area contributed by atoms with Crippen LogP contribution in [-0.4, -0.2) is 38.3 Å². The molecule has 1 fully saturated rings. The molecule has 1 aromatic rings. The molecular formula is C15H21ClN2O3S. The van der Waals surface area contributed by atoms with E-state index in [2.05, 4.69) is 5.32 Å². The van der Waals surface area contributed by atoms with Crippen LogP contribution in [0.1, 0.15) is 37.0 Å². The summed E-state index contributed by atoms with van der Waals surface area (Å²) >= 11 is 6.05. The molecule has 1 aromatic carbocycles. The molecule has 1 aliphatic rings. The van der Waals surface area contributed by atoms with E-state index in [4.69, 9.17) is 11.6 Å². The van der Waals surface area contributed by atoms with Crippen LogP contribution in [0, 0.1) is 5.92 Å². The summed E-state index contributed by atoms with van der Waals surface area (Å²) in [5, 5.41) is 3.01. The van der Waals surface area contributed by atoms with Crippen LogP contribution in [-0.2, 0) is 10.0 Å². The van der Waals surface area contributed by atoms with E-state index in [1.54, 1.807) is 0 Å². The van der Waals surface area contributed by atoms with E-state index >= 15 is 0 Å². The second kappa shape index (κ2) is 6.98. The number of nitrogens with zero attached hydrogens (tertiary/aromatic N) is 1. The molecule has 0 atom stereocenters. The smallest absolute Gasteiger partial charge is 0.252 e. The maximum atomic E-state index is 12.5. The molecule has 0 saturated carbocycles. The fourth-order valence-corrected chi connectivity index (χ4v) is 4.06. The maximum Gasteiger partial charge on any atom is 0.252 e. The minimum Gasteiger partial charge on any atom is -0.352 e. The summed E-state index contributed by atoms with van der Waals surface area (Å²) < 4.78 is 26.5. The van der Waals surface area contributed by atoms with Gasteiger partial charge in [0.15, 0.2) is 0 Å². The topological polar surface area (TPSA) is 66.5 Å². The zero-order valence-electron chi connectivity index (χ0n) is 12.8. The van der Waals surface area contributed by atoms with Gasteiger partial charge in [-0.1, -0.05) is 25.4 Å². The van der Waals surface area contributed by atoms with E-state index in [0.29, 0.717) is 25.6 Å². The van der Waals surface area contributed by atoms with Gasteiger partial charge in [-0.3, -0.25) is 4.79 Å². The zero-order chi connectivity index (χ0) is 16.3. The van der Waals surface area contributed by atoms with E-state index in [9.17, 15) is 13.2 Å². The fraction of sp³-hybridized carbons (Fsp3) is 0.533. The predicted molar refractivity (Wildman–Crippen MR) is 86.6 cm³/mol. The monoisotopic (exact) mass is 344 g/mol. The number of halogens is 1. The van der Waals surface area contributed by atoms with Gasteiger partial charge in [0.05, 0.1) is 15.5 Å². The second-order valence-corrected chi connectivity index (χ2v) is 8.20. The van der Waals surface area contributed by atoms with Gasteiger partial charge in [-0.2, -0.15) is 4.31 Å². The Morgan fingerprint density at radius 3 is 2.55 bits per heavy atom. The number of nitrogens with one attached hydrogen (secondary N) is 1. The molecule has 0 bridgehead atoms. The standard InChI is InChI=1S/C15H21ClN2O3S/c1-11(2)10-17-15(19)13-9-12(5-6-14(13)16)22(20,21)18-7-3-4-8-18/h5-6,9,11H,3-4,7-8,10H2,1-2H3,(H,17,19). The van der Waals surface area contributed by atoms with Gasteiger partial charge in [0.1, 0.15) is 0 Å². The largest absolute Gasteiger partial charge is 0.352 e. The number of benzene rings is 1. The molecule has 22 heavy (non-hydrogen) atoms. The van der Waals surface area contributed by atoms with Crippen molar-refractivity contribution >= 4 is 27.5 Å². The van der Waals surface area contributed by atoms with Crippen LogP contribution in [0.15, 0.2) is 23.1 Å². The number of carbonyl (C=O) groups excluding carboxylic acids is 1. The lowest BCUT2D eigenvalue weighted by molar-refractivity contribution is 0.0949. The summed E-state index contributed by atoms with van der Waals surface area (Å²) in [5.74, 6) is -0.0450. The van der Waals surface area contributed by atoms with Crippen LogP contribution in [0.3, 0.4) is 0 Å². The van der Waals surface area contributed by atoms with Gasteiger partial charge < -0.3 is 5.32 Å². The van der Waals surface area contributed by atoms with Crippen LogP contribution in [0.25, 0.3) is 0 Å². The van der Waals surface area contributed by atoms with Crippen LogP contribution in [0.2, 0.25) is 5.02 Å². The van der Waals surface area contributed by atoms with E-state index in [0.717, 1.165) is 12.8 Å². The molecule has 1 N–H and O–H groups in total. The number of hydrogen-bond acceptors (Lipinski definition) is 3. The van der Waals surface area contributed by atoms with Crippen LogP contribution < -0.4 is 5.32 Å². The summed E-state index contributed by atoms with van der Waals surface area (Å²) in [6.45, 7) is 5.53. The van der Waals surface area contributed by atoms with Gasteiger partial charge >= 0.3 is 0 Å². The Labute approximate surface area is 136 Å². The van der Waals surface area contributed by atoms with Gasteiger partial charge in [-0.25, -0.2) is 8.42 Å². The Kier molecular flexibility index (Phi) is 5.47. The average Bonchev–Trinajstić information content (AvgIpc) is 2.99. The molecule has 0 radical (unpaired) electrons. The van der Waals surface area contributed by atoms with Crippen LogP contribution in [0.5, 0.6) is 0 Å². The highest BCUT2D eigenvalue weighted by Crippen LogP contribution is 2.25. The highest BCUT2D eigenvalue weighted by molar-refractivity contribution is 7.89. The van der Waals surface area contributed by atoms with E-state index in [-0.39, 0.29) is 21.4 Å². The molecule has 0 aliphatic carbocycles. The van der Waals surface area contributed by atoms with Crippen molar-refractivity contribution in [2.45, 2.75) is 31.6 Å². The first-order valence-electron chi connectivity index (χ1n) is 7.40. The first-order chi connectivity index (χ1) is 10.3. The SMILES string of the molecule is CC(C)CNC(=O)c1cc(S(=O)(=O)N2CCCC2)ccc1Cl. The second-order valence-electron chi connectivity index (χ2n) is 5.86. The zero-order valence-corrected chi connectivity index (χ0v) is 14.4. The first-order valence-corrected chi connectivity index (χ1v) is 9.22. The Morgan fingerprint density at radius 1 is 1.32 bits per heavy atom. The molecular weight excluding hydrogens is 324 g/mol. The molecule has 1 heterocycles. The van der Waals surface area contributed by atoms with E-state index in [1.807, 2.05) is 13.8 Å². The molecule has 2 rings (SSSR count). The maximum absolute atomic E-state index is 12.5. The van der Waals surface area contributed by atoms with Crippen molar-refractivity contribution in [2.24, 2.45) is 5.92 Å². The third-order valence-corrected chi connectivity index (χ3v) is 5.78. The van der Waals surface area contributed by atoms with Crippen molar-refractivity contribution in [1.29, 1.82) is 0 Å². The Hall–Kier alpha value is -1.11. The predicted octanol–water partition coefficient (Wildman–Crippen LogP) is 2.51. The van der Waals surface area contributed by atoms with E-state index < -0.39 is 10.0 Å². The minimum absolute atomic E-state index is 0.119. The van der Waals surface area contributed by atoms with Crippen LogP contribution in [0.4, 0.5) is 0 Å². The number of amides is 1. The van der Waals surface area contributed by atoms with Gasteiger partial charge in [-0.05, 0) is 37.0 Å². The summed E-state index contributed by atoms with van der Waals surface area (Å²) in [6, 6.07) is 4.29. The van der Waals surface area contributed by atoms with Crippen molar-refractivity contribution < 1.29 is 13.2 Å². The molecule has 1 saturated heterocycles. The molecule has 5 nitrogen and oxygen atoms in total. The Bertz CT molecular complexity index is 653. The van der Waals surface area contributed by atoms with E-state index in [1.165, 1.54) is 22.5 Å². The molecule has 1 amide bonds. The highest BCUT2D eigenvalue weighted by Gasteiger charge is 2.28. The van der Waals surface area contributed by atoms with Gasteiger partial charge in [0.25, 0.3) is 5.91 Å². The molecule has 0 aromatic heterocycles. The minimum atomic E-state index is -3.55. The molecule has 0 unspecified atom stereocenters. The molecule has 7 heteroatoms. The highest BCUT2D eigenvalue weighted by atomic mass is 35.5. The summed E-state index contributed by atoms with van der Waals surface area (Å²) in [5.41, 5.74) is 0.197. The molecule has 122 valence electrons. The van der Waals surface area contributed by atoms with Gasteiger partial charge in [-0.15, -0.1) is 0 Å². The third kappa shape index (κ3) is 3.80. The quantitative estimate of drug-likeness (QED) is 0.892. The fourth-order valence-electron chi connectivity index (χ4n) is 2.31. The normalized spacial score (nSPS) is 16.2. The lowest BCUT2D eigenvalue weighted by atomic mass is 10.2. The summed E-state index contributed by atoms with van der Waals surface area (Å²) in [6.07, 6.45) is 1.74. The average molecular weight is 345 g/mol. The summed E-state index contributed by atoms with van der Waals surface area (Å²) in [4.78, 5) is 12.3. The third-order valence-electron chi connectivity index (χ3n) is 3.56. The lowest BCUT2D eigenvalue weighted by Gasteiger charge is -2.16. The summed E-state index contributed by atoms with van der Waals surface area (Å²) in [7, 11) is -3.55. The number of hydrogen-bond donors (Lipinski definition) is 1. The van der Waals surface area contributed by atoms with Crippen molar-refractivity contribution in [3.8, 4) is 0 Å². The Morgan fingerprint density at radius 2 is 1.95 bits per heavy atom.